The lowest BCUT2D eigenvalue weighted by molar-refractivity contribution is -0.130. The smallest absolute Gasteiger partial charge is 0.390 e. The maximum atomic E-state index is 12.1. The molecule has 2 aromatic rings. The molecular weight excluding hydrogens is 335 g/mol. The first-order chi connectivity index (χ1) is 10.5. The molecule has 2 rings (SSSR count). The Labute approximate surface area is 131 Å². The van der Waals surface area contributed by atoms with Crippen molar-refractivity contribution in [3.05, 3.63) is 36.1 Å². The van der Waals surface area contributed by atoms with Crippen LogP contribution in [0.5, 0.6) is 0 Å². The van der Waals surface area contributed by atoms with Crippen molar-refractivity contribution in [1.29, 1.82) is 0 Å². The zero-order valence-electron chi connectivity index (χ0n) is 12.2. The van der Waals surface area contributed by atoms with Crippen molar-refractivity contribution in [3.63, 3.8) is 0 Å². The Morgan fingerprint density at radius 3 is 2.52 bits per heavy atom. The molecule has 1 heterocycles. The van der Waals surface area contributed by atoms with Crippen molar-refractivity contribution in [2.75, 3.05) is 12.3 Å². The fourth-order valence-corrected chi connectivity index (χ4v) is 3.05. The lowest BCUT2D eigenvalue weighted by Gasteiger charge is -2.21. The molecule has 23 heavy (non-hydrogen) atoms. The van der Waals surface area contributed by atoms with Gasteiger partial charge in [0.1, 0.15) is 16.9 Å². The zero-order valence-corrected chi connectivity index (χ0v) is 13.0. The molecule has 0 bridgehead atoms. The summed E-state index contributed by atoms with van der Waals surface area (Å²) >= 11 is 0. The Hall–Kier alpha value is -1.58. The van der Waals surface area contributed by atoms with Crippen LogP contribution in [0.25, 0.3) is 11.0 Å². The Morgan fingerprint density at radius 1 is 1.26 bits per heavy atom. The maximum Gasteiger partial charge on any atom is 0.390 e. The summed E-state index contributed by atoms with van der Waals surface area (Å²) in [6.45, 7) is 0.823. The molecule has 128 valence electrons. The van der Waals surface area contributed by atoms with E-state index in [9.17, 15) is 26.7 Å². The average molecular weight is 351 g/mol. The summed E-state index contributed by atoms with van der Waals surface area (Å²) in [4.78, 5) is 0. The molecule has 0 aliphatic heterocycles. The first-order valence-electron chi connectivity index (χ1n) is 6.74. The third-order valence-corrected chi connectivity index (χ3v) is 4.57. The molecule has 0 aliphatic rings. The van der Waals surface area contributed by atoms with E-state index in [4.69, 9.17) is 4.42 Å². The molecular formula is C14H16F3NO4S. The maximum absolute atomic E-state index is 12.1. The molecule has 0 aliphatic carbocycles. The van der Waals surface area contributed by atoms with Crippen LogP contribution < -0.4 is 4.72 Å². The van der Waals surface area contributed by atoms with E-state index in [1.54, 1.807) is 30.3 Å². The van der Waals surface area contributed by atoms with Crippen molar-refractivity contribution in [1.82, 2.24) is 4.72 Å². The molecule has 0 amide bonds. The van der Waals surface area contributed by atoms with Gasteiger partial charge in [-0.15, -0.1) is 0 Å². The minimum atomic E-state index is -4.56. The zero-order chi connectivity index (χ0) is 17.3. The van der Waals surface area contributed by atoms with Crippen molar-refractivity contribution in [2.24, 2.45) is 0 Å². The van der Waals surface area contributed by atoms with Crippen LogP contribution in [0.4, 0.5) is 13.2 Å². The van der Waals surface area contributed by atoms with Crippen molar-refractivity contribution >= 4 is 21.0 Å². The van der Waals surface area contributed by atoms with Crippen molar-refractivity contribution in [3.8, 4) is 0 Å². The molecule has 0 radical (unpaired) electrons. The normalized spacial score (nSPS) is 15.7. The van der Waals surface area contributed by atoms with Gasteiger partial charge in [0, 0.05) is 11.9 Å². The van der Waals surface area contributed by atoms with E-state index >= 15 is 0 Å². The highest BCUT2D eigenvalue weighted by atomic mass is 32.2. The summed E-state index contributed by atoms with van der Waals surface area (Å²) < 4.78 is 66.8. The van der Waals surface area contributed by atoms with Crippen LogP contribution >= 0.6 is 0 Å². The van der Waals surface area contributed by atoms with Crippen molar-refractivity contribution in [2.45, 2.75) is 25.1 Å². The number of nitrogens with one attached hydrogen (secondary N) is 1. The van der Waals surface area contributed by atoms with Gasteiger partial charge in [0.15, 0.2) is 0 Å². The lowest BCUT2D eigenvalue weighted by atomic mass is 10.0. The summed E-state index contributed by atoms with van der Waals surface area (Å²) in [7, 11) is -4.16. The quantitative estimate of drug-likeness (QED) is 0.838. The lowest BCUT2D eigenvalue weighted by Crippen LogP contribution is -2.39. The molecule has 0 saturated heterocycles. The van der Waals surface area contributed by atoms with Crippen LogP contribution in [0, 0.1) is 0 Å². The molecule has 0 spiro atoms. The Balaban J connectivity index is 2.06. The third kappa shape index (κ3) is 4.95. The molecule has 9 heteroatoms. The number of para-hydroxylation sites is 1. The summed E-state index contributed by atoms with van der Waals surface area (Å²) in [5.74, 6) is -0.968. The van der Waals surface area contributed by atoms with Crippen LogP contribution in [-0.4, -0.2) is 32.0 Å². The van der Waals surface area contributed by atoms with Gasteiger partial charge < -0.3 is 9.52 Å². The number of aliphatic hydroxyl groups is 1. The number of halogens is 3. The highest BCUT2D eigenvalue weighted by Crippen LogP contribution is 2.27. The molecule has 0 saturated carbocycles. The van der Waals surface area contributed by atoms with Crippen molar-refractivity contribution < 1.29 is 31.1 Å². The van der Waals surface area contributed by atoms with E-state index in [0.29, 0.717) is 5.58 Å². The van der Waals surface area contributed by atoms with Gasteiger partial charge in [-0.3, -0.25) is 0 Å². The van der Waals surface area contributed by atoms with Gasteiger partial charge >= 0.3 is 6.18 Å². The third-order valence-electron chi connectivity index (χ3n) is 3.25. The Morgan fingerprint density at radius 2 is 1.91 bits per heavy atom. The molecule has 1 aromatic heterocycles. The van der Waals surface area contributed by atoms with E-state index in [-0.39, 0.29) is 5.76 Å². The van der Waals surface area contributed by atoms with Crippen LogP contribution in [0.2, 0.25) is 0 Å². The fourth-order valence-electron chi connectivity index (χ4n) is 1.91. The number of sulfonamides is 1. The number of furan rings is 1. The molecule has 1 atom stereocenters. The van der Waals surface area contributed by atoms with E-state index in [1.165, 1.54) is 6.92 Å². The second-order valence-corrected chi connectivity index (χ2v) is 7.35. The number of alkyl halides is 3. The first kappa shape index (κ1) is 17.8. The van der Waals surface area contributed by atoms with E-state index in [2.05, 4.69) is 0 Å². The Kier molecular flexibility index (Phi) is 4.74. The highest BCUT2D eigenvalue weighted by Gasteiger charge is 2.32. The predicted octanol–water partition coefficient (Wildman–Crippen LogP) is 2.51. The minimum absolute atomic E-state index is 0.122. The van der Waals surface area contributed by atoms with E-state index in [1.807, 2.05) is 4.72 Å². The van der Waals surface area contributed by atoms with Gasteiger partial charge in [-0.25, -0.2) is 13.1 Å². The second kappa shape index (κ2) is 6.14. The number of rotatable bonds is 6. The summed E-state index contributed by atoms with van der Waals surface area (Å²) in [5.41, 5.74) is -1.17. The van der Waals surface area contributed by atoms with Gasteiger partial charge in [-0.05, 0) is 19.1 Å². The van der Waals surface area contributed by atoms with Gasteiger partial charge in [0.2, 0.25) is 10.0 Å². The standard InChI is InChI=1S/C14H16F3NO4S/c1-13(19,9-18-23(20,21)7-6-14(15,16)17)12-8-10-4-2-3-5-11(10)22-12/h2-5,8,18-19H,6-7,9H2,1H3/t13-/m0/s1. The van der Waals surface area contributed by atoms with Crippen LogP contribution in [-0.2, 0) is 15.6 Å². The summed E-state index contributed by atoms with van der Waals surface area (Å²) in [6.07, 6.45) is -6.01. The molecule has 0 unspecified atom stereocenters. The summed E-state index contributed by atoms with van der Waals surface area (Å²) in [6, 6.07) is 8.51. The number of fused-ring (bicyclic) bond motifs is 1. The monoisotopic (exact) mass is 351 g/mol. The average Bonchev–Trinajstić information content (AvgIpc) is 2.88. The van der Waals surface area contributed by atoms with Gasteiger partial charge in [0.25, 0.3) is 0 Å². The van der Waals surface area contributed by atoms with Crippen LogP contribution in [0.15, 0.2) is 34.7 Å². The number of benzene rings is 1. The highest BCUT2D eigenvalue weighted by molar-refractivity contribution is 7.89. The van der Waals surface area contributed by atoms with Gasteiger partial charge in [-0.1, -0.05) is 18.2 Å². The van der Waals surface area contributed by atoms with E-state index < -0.39 is 40.5 Å². The number of hydrogen-bond donors (Lipinski definition) is 2. The largest absolute Gasteiger partial charge is 0.458 e. The Bertz CT molecular complexity index is 748. The SMILES string of the molecule is C[C@](O)(CNS(=O)(=O)CCC(F)(F)F)c1cc2ccccc2o1. The second-order valence-electron chi connectivity index (χ2n) is 5.43. The topological polar surface area (TPSA) is 79.5 Å². The van der Waals surface area contributed by atoms with Gasteiger partial charge in [0.05, 0.1) is 12.2 Å². The minimum Gasteiger partial charge on any atom is -0.458 e. The van der Waals surface area contributed by atoms with Gasteiger partial charge in [-0.2, -0.15) is 13.2 Å². The molecule has 5 nitrogen and oxygen atoms in total. The molecule has 0 fully saturated rings. The molecule has 1 aromatic carbocycles. The predicted molar refractivity (Wildman–Crippen MR) is 78.2 cm³/mol. The summed E-state index contributed by atoms with van der Waals surface area (Å²) in [5, 5.41) is 11.1. The molecule has 2 N–H and O–H groups in total. The fraction of sp³-hybridized carbons (Fsp3) is 0.429. The first-order valence-corrected chi connectivity index (χ1v) is 8.39. The van der Waals surface area contributed by atoms with Crippen LogP contribution in [0.1, 0.15) is 19.1 Å². The van der Waals surface area contributed by atoms with E-state index in [0.717, 1.165) is 5.39 Å². The van der Waals surface area contributed by atoms with Crippen LogP contribution in [0.3, 0.4) is 0 Å². The number of hydrogen-bond acceptors (Lipinski definition) is 4.